The van der Waals surface area contributed by atoms with Crippen LogP contribution in [0.25, 0.3) is 0 Å². The molecule has 1 aromatic heterocycles. The summed E-state index contributed by atoms with van der Waals surface area (Å²) in [5.74, 6) is 0. The molecule has 2 aliphatic heterocycles. The minimum Gasteiger partial charge on any atom is -0.294 e. The largest absolute Gasteiger partial charge is 0.294 e. The molecule has 1 N–H and O–H groups in total. The van der Waals surface area contributed by atoms with Crippen LogP contribution in [0, 0.1) is 0 Å². The zero-order valence-electron chi connectivity index (χ0n) is 8.16. The second kappa shape index (κ2) is 2.67. The molecule has 2 bridgehead atoms. The van der Waals surface area contributed by atoms with Crippen LogP contribution in [0.3, 0.4) is 0 Å². The van der Waals surface area contributed by atoms with Gasteiger partial charge < -0.3 is 0 Å². The van der Waals surface area contributed by atoms with E-state index in [0.29, 0.717) is 12.1 Å². The minimum absolute atomic E-state index is 0.0762. The molecule has 0 spiro atoms. The molecule has 0 aliphatic carbocycles. The van der Waals surface area contributed by atoms with E-state index in [1.165, 1.54) is 12.8 Å². The first kappa shape index (κ1) is 8.17. The van der Waals surface area contributed by atoms with E-state index >= 15 is 0 Å². The van der Waals surface area contributed by atoms with E-state index in [2.05, 4.69) is 22.1 Å². The number of nitrogens with zero attached hydrogens (tertiary/aromatic N) is 2. The molecule has 74 valence electrons. The van der Waals surface area contributed by atoms with E-state index in [4.69, 9.17) is 0 Å². The smallest absolute Gasteiger partial charge is 0.264 e. The quantitative estimate of drug-likeness (QED) is 0.648. The molecule has 2 aliphatic rings. The summed E-state index contributed by atoms with van der Waals surface area (Å²) >= 11 is 0. The molecule has 0 radical (unpaired) electrons. The Kier molecular flexibility index (Phi) is 1.56. The molecule has 14 heavy (non-hydrogen) atoms. The topological polar surface area (TPSA) is 49.0 Å². The molecule has 1 fully saturated rings. The number of H-pyrrole nitrogens is 1. The highest BCUT2D eigenvalue weighted by molar-refractivity contribution is 5.27. The summed E-state index contributed by atoms with van der Waals surface area (Å²) in [5, 5.41) is 6.70. The highest BCUT2D eigenvalue weighted by atomic mass is 16.1. The Morgan fingerprint density at radius 1 is 1.57 bits per heavy atom. The molecular weight excluding hydrogens is 178 g/mol. The maximum Gasteiger partial charge on any atom is 0.264 e. The standard InChI is InChI=1S/C10H13N3O/c1-13-7-2-3-8(13)10-6(4-7)5-9(14)11-12-10/h5,7-8H,2-4H2,1H3,(H,11,14)/t7-,8+/m0/s1. The maximum atomic E-state index is 11.1. The van der Waals surface area contributed by atoms with E-state index in [0.717, 1.165) is 17.7 Å². The van der Waals surface area contributed by atoms with Crippen molar-refractivity contribution in [1.82, 2.24) is 15.1 Å². The summed E-state index contributed by atoms with van der Waals surface area (Å²) < 4.78 is 0. The Balaban J connectivity index is 2.16. The fourth-order valence-corrected chi connectivity index (χ4v) is 2.75. The third kappa shape index (κ3) is 0.973. The lowest BCUT2D eigenvalue weighted by molar-refractivity contribution is 0.218. The summed E-state index contributed by atoms with van der Waals surface area (Å²) in [5.41, 5.74) is 2.16. The molecule has 0 amide bonds. The van der Waals surface area contributed by atoms with Crippen molar-refractivity contribution in [1.29, 1.82) is 0 Å². The van der Waals surface area contributed by atoms with Crippen LogP contribution in [-0.2, 0) is 6.42 Å². The lowest BCUT2D eigenvalue weighted by Gasteiger charge is -2.31. The number of nitrogens with one attached hydrogen (secondary N) is 1. The van der Waals surface area contributed by atoms with Crippen LogP contribution in [-0.4, -0.2) is 28.2 Å². The van der Waals surface area contributed by atoms with Gasteiger partial charge in [-0.1, -0.05) is 0 Å². The van der Waals surface area contributed by atoms with Gasteiger partial charge in [0.05, 0.1) is 11.7 Å². The van der Waals surface area contributed by atoms with Gasteiger partial charge in [-0.3, -0.25) is 9.69 Å². The van der Waals surface area contributed by atoms with Gasteiger partial charge in [-0.25, -0.2) is 5.10 Å². The first-order valence-electron chi connectivity index (χ1n) is 5.06. The van der Waals surface area contributed by atoms with Gasteiger partial charge in [0.2, 0.25) is 0 Å². The Morgan fingerprint density at radius 3 is 3.29 bits per heavy atom. The zero-order chi connectivity index (χ0) is 9.71. The first-order chi connectivity index (χ1) is 6.75. The van der Waals surface area contributed by atoms with Crippen molar-refractivity contribution in [3.8, 4) is 0 Å². The predicted octanol–water partition coefficient (Wildman–Crippen LogP) is 0.461. The molecule has 3 heterocycles. The van der Waals surface area contributed by atoms with Gasteiger partial charge in [-0.15, -0.1) is 0 Å². The Morgan fingerprint density at radius 2 is 2.43 bits per heavy atom. The van der Waals surface area contributed by atoms with E-state index in [1.807, 2.05) is 0 Å². The molecule has 1 saturated heterocycles. The van der Waals surface area contributed by atoms with Gasteiger partial charge in [0.25, 0.3) is 5.56 Å². The molecule has 0 aromatic carbocycles. The zero-order valence-corrected chi connectivity index (χ0v) is 8.16. The summed E-state index contributed by atoms with van der Waals surface area (Å²) in [7, 11) is 2.15. The number of hydrogen-bond donors (Lipinski definition) is 1. The molecule has 3 rings (SSSR count). The molecule has 0 saturated carbocycles. The van der Waals surface area contributed by atoms with Gasteiger partial charge in [0.1, 0.15) is 0 Å². The van der Waals surface area contributed by atoms with Crippen molar-refractivity contribution in [2.24, 2.45) is 0 Å². The SMILES string of the molecule is CN1[C@H]2CC[C@@H]1c1n[nH]c(=O)cc1C2. The van der Waals surface area contributed by atoms with E-state index in [-0.39, 0.29) is 5.56 Å². The lowest BCUT2D eigenvalue weighted by atomic mass is 10.00. The van der Waals surface area contributed by atoms with Crippen LogP contribution in [0.15, 0.2) is 10.9 Å². The van der Waals surface area contributed by atoms with Gasteiger partial charge in [0, 0.05) is 12.1 Å². The van der Waals surface area contributed by atoms with Crippen molar-refractivity contribution < 1.29 is 0 Å². The number of fused-ring (bicyclic) bond motifs is 4. The van der Waals surface area contributed by atoms with Gasteiger partial charge in [-0.2, -0.15) is 5.10 Å². The minimum atomic E-state index is -0.0762. The molecule has 4 heteroatoms. The Bertz CT molecular complexity index is 426. The second-order valence-electron chi connectivity index (χ2n) is 4.26. The highest BCUT2D eigenvalue weighted by Crippen LogP contribution is 2.40. The van der Waals surface area contributed by atoms with Gasteiger partial charge in [-0.05, 0) is 31.9 Å². The van der Waals surface area contributed by atoms with Gasteiger partial charge in [0.15, 0.2) is 0 Å². The van der Waals surface area contributed by atoms with Crippen molar-refractivity contribution in [3.05, 3.63) is 27.7 Å². The summed E-state index contributed by atoms with van der Waals surface area (Å²) in [6.07, 6.45) is 3.39. The third-order valence-electron chi connectivity index (χ3n) is 3.53. The van der Waals surface area contributed by atoms with Crippen LogP contribution >= 0.6 is 0 Å². The van der Waals surface area contributed by atoms with Crippen LogP contribution in [0.1, 0.15) is 30.1 Å². The number of rotatable bonds is 0. The first-order valence-corrected chi connectivity index (χ1v) is 5.06. The van der Waals surface area contributed by atoms with Crippen LogP contribution < -0.4 is 5.56 Å². The van der Waals surface area contributed by atoms with Crippen LogP contribution in [0.5, 0.6) is 0 Å². The average molecular weight is 191 g/mol. The van der Waals surface area contributed by atoms with Crippen molar-refractivity contribution in [3.63, 3.8) is 0 Å². The molecule has 4 nitrogen and oxygen atoms in total. The number of aromatic nitrogens is 2. The number of likely N-dealkylation sites (N-methyl/N-ethyl adjacent to an activating group) is 1. The normalized spacial score (nSPS) is 30.4. The van der Waals surface area contributed by atoms with Crippen molar-refractivity contribution in [2.45, 2.75) is 31.3 Å². The second-order valence-corrected chi connectivity index (χ2v) is 4.26. The predicted molar refractivity (Wildman–Crippen MR) is 52.1 cm³/mol. The lowest BCUT2D eigenvalue weighted by Crippen LogP contribution is -2.35. The Labute approximate surface area is 81.9 Å². The third-order valence-corrected chi connectivity index (χ3v) is 3.53. The van der Waals surface area contributed by atoms with Crippen LogP contribution in [0.2, 0.25) is 0 Å². The maximum absolute atomic E-state index is 11.1. The van der Waals surface area contributed by atoms with Crippen molar-refractivity contribution >= 4 is 0 Å². The van der Waals surface area contributed by atoms with E-state index in [1.54, 1.807) is 6.07 Å². The fourth-order valence-electron chi connectivity index (χ4n) is 2.75. The number of hydrogen-bond acceptors (Lipinski definition) is 3. The highest BCUT2D eigenvalue weighted by Gasteiger charge is 2.38. The summed E-state index contributed by atoms with van der Waals surface area (Å²) in [6, 6.07) is 2.76. The van der Waals surface area contributed by atoms with Crippen LogP contribution in [0.4, 0.5) is 0 Å². The average Bonchev–Trinajstić information content (AvgIpc) is 2.44. The summed E-state index contributed by atoms with van der Waals surface area (Å²) in [6.45, 7) is 0. The number of aromatic amines is 1. The Hall–Kier alpha value is -1.16. The molecule has 2 atom stereocenters. The fraction of sp³-hybridized carbons (Fsp3) is 0.600. The summed E-state index contributed by atoms with van der Waals surface area (Å²) in [4.78, 5) is 13.5. The molecule has 1 aromatic rings. The monoisotopic (exact) mass is 191 g/mol. The molecular formula is C10H13N3O. The van der Waals surface area contributed by atoms with Crippen molar-refractivity contribution in [2.75, 3.05) is 7.05 Å². The van der Waals surface area contributed by atoms with Gasteiger partial charge >= 0.3 is 0 Å². The van der Waals surface area contributed by atoms with E-state index in [9.17, 15) is 4.79 Å². The molecule has 0 unspecified atom stereocenters. The van der Waals surface area contributed by atoms with E-state index < -0.39 is 0 Å².